The fourth-order valence-corrected chi connectivity index (χ4v) is 3.99. The van der Waals surface area contributed by atoms with Crippen LogP contribution in [-0.2, 0) is 28.1 Å². The first-order chi connectivity index (χ1) is 13.4. The zero-order valence-corrected chi connectivity index (χ0v) is 15.4. The van der Waals surface area contributed by atoms with Gasteiger partial charge >= 0.3 is 6.03 Å². The van der Waals surface area contributed by atoms with Gasteiger partial charge in [0.2, 0.25) is 5.91 Å². The van der Waals surface area contributed by atoms with Crippen LogP contribution in [-0.4, -0.2) is 41.2 Å². The molecule has 2 aliphatic rings. The predicted molar refractivity (Wildman–Crippen MR) is 99.6 cm³/mol. The summed E-state index contributed by atoms with van der Waals surface area (Å²) in [5, 5.41) is 2.80. The highest BCUT2D eigenvalue weighted by molar-refractivity contribution is 6.09. The molecule has 0 bridgehead atoms. The number of carbonyl (C=O) groups is 3. The fraction of sp³-hybridized carbons (Fsp3) is 0.286. The number of urea groups is 1. The number of benzene rings is 2. The lowest BCUT2D eigenvalue weighted by atomic mass is 9.92. The highest BCUT2D eigenvalue weighted by atomic mass is 19.1. The zero-order chi connectivity index (χ0) is 19.9. The Balaban J connectivity index is 1.49. The number of halogens is 1. The number of rotatable bonds is 4. The average molecular weight is 381 g/mol. The second kappa shape index (κ2) is 6.74. The van der Waals surface area contributed by atoms with Gasteiger partial charge in [0.1, 0.15) is 17.9 Å². The maximum Gasteiger partial charge on any atom is 0.325 e. The van der Waals surface area contributed by atoms with Gasteiger partial charge in [-0.3, -0.25) is 14.5 Å². The molecule has 1 spiro atoms. The topological polar surface area (TPSA) is 69.7 Å². The standard InChI is InChI=1S/C21H20FN3O3/c1-24(12-14-5-4-7-16(22)11-14)18(26)13-25-19(27)21(23-20(25)28)10-9-15-6-2-3-8-17(15)21/h2-8,11H,9-10,12-13H2,1H3,(H,23,28)/t21-/m0/s1. The summed E-state index contributed by atoms with van der Waals surface area (Å²) in [5.41, 5.74) is 1.40. The largest absolute Gasteiger partial charge is 0.340 e. The Morgan fingerprint density at radius 2 is 2.00 bits per heavy atom. The van der Waals surface area contributed by atoms with Crippen molar-refractivity contribution in [3.05, 3.63) is 71.0 Å². The Kier molecular flexibility index (Phi) is 4.37. The summed E-state index contributed by atoms with van der Waals surface area (Å²) in [6, 6.07) is 12.9. The van der Waals surface area contributed by atoms with Crippen LogP contribution in [0.25, 0.3) is 0 Å². The summed E-state index contributed by atoms with van der Waals surface area (Å²) < 4.78 is 13.3. The SMILES string of the molecule is CN(Cc1cccc(F)c1)C(=O)CN1C(=O)N[C@]2(CCc3ccccc32)C1=O. The van der Waals surface area contributed by atoms with E-state index in [1.165, 1.54) is 17.0 Å². The number of amides is 4. The number of likely N-dealkylation sites (N-methyl/N-ethyl adjacent to an activating group) is 1. The molecule has 0 aromatic heterocycles. The number of fused-ring (bicyclic) bond motifs is 2. The van der Waals surface area contributed by atoms with Crippen molar-refractivity contribution in [1.29, 1.82) is 0 Å². The van der Waals surface area contributed by atoms with Crippen molar-refractivity contribution in [3.63, 3.8) is 0 Å². The molecule has 6 nitrogen and oxygen atoms in total. The third-order valence-corrected chi connectivity index (χ3v) is 5.45. The Morgan fingerprint density at radius 3 is 2.79 bits per heavy atom. The number of hydrogen-bond acceptors (Lipinski definition) is 3. The molecule has 144 valence electrons. The predicted octanol–water partition coefficient (Wildman–Crippen LogP) is 2.18. The zero-order valence-electron chi connectivity index (χ0n) is 15.4. The van der Waals surface area contributed by atoms with E-state index in [4.69, 9.17) is 0 Å². The minimum atomic E-state index is -1.07. The molecule has 4 amide bonds. The van der Waals surface area contributed by atoms with E-state index in [1.54, 1.807) is 19.2 Å². The molecule has 0 radical (unpaired) electrons. The van der Waals surface area contributed by atoms with Crippen molar-refractivity contribution >= 4 is 17.8 Å². The second-order valence-corrected chi connectivity index (χ2v) is 7.26. The van der Waals surface area contributed by atoms with Crippen LogP contribution < -0.4 is 5.32 Å². The molecule has 0 saturated carbocycles. The second-order valence-electron chi connectivity index (χ2n) is 7.26. The number of nitrogens with zero attached hydrogens (tertiary/aromatic N) is 2. The van der Waals surface area contributed by atoms with Crippen molar-refractivity contribution in [1.82, 2.24) is 15.1 Å². The van der Waals surface area contributed by atoms with E-state index in [2.05, 4.69) is 5.32 Å². The molecular formula is C21H20FN3O3. The van der Waals surface area contributed by atoms with E-state index in [0.717, 1.165) is 16.0 Å². The van der Waals surface area contributed by atoms with Crippen LogP contribution in [0.1, 0.15) is 23.1 Å². The highest BCUT2D eigenvalue weighted by Gasteiger charge is 2.55. The maximum atomic E-state index is 13.3. The third kappa shape index (κ3) is 2.93. The van der Waals surface area contributed by atoms with Gasteiger partial charge in [0, 0.05) is 13.6 Å². The first-order valence-electron chi connectivity index (χ1n) is 9.11. The van der Waals surface area contributed by atoms with Gasteiger partial charge in [-0.1, -0.05) is 36.4 Å². The number of imide groups is 1. The Labute approximate surface area is 161 Å². The van der Waals surface area contributed by atoms with Gasteiger partial charge in [0.15, 0.2) is 0 Å². The van der Waals surface area contributed by atoms with Gasteiger partial charge in [-0.15, -0.1) is 0 Å². The molecule has 1 saturated heterocycles. The molecule has 28 heavy (non-hydrogen) atoms. The fourth-order valence-electron chi connectivity index (χ4n) is 3.99. The summed E-state index contributed by atoms with van der Waals surface area (Å²) in [6.45, 7) is -0.158. The lowest BCUT2D eigenvalue weighted by Crippen LogP contribution is -2.44. The smallest absolute Gasteiger partial charge is 0.325 e. The summed E-state index contributed by atoms with van der Waals surface area (Å²) >= 11 is 0. The van der Waals surface area contributed by atoms with Crippen molar-refractivity contribution in [2.75, 3.05) is 13.6 Å². The third-order valence-electron chi connectivity index (χ3n) is 5.45. The number of aryl methyl sites for hydroxylation is 1. The van der Waals surface area contributed by atoms with Gasteiger partial charge in [-0.2, -0.15) is 0 Å². The van der Waals surface area contributed by atoms with Gasteiger partial charge in [-0.05, 0) is 41.7 Å². The van der Waals surface area contributed by atoms with E-state index in [9.17, 15) is 18.8 Å². The van der Waals surface area contributed by atoms with E-state index >= 15 is 0 Å². The molecule has 7 heteroatoms. The molecule has 1 fully saturated rings. The van der Waals surface area contributed by atoms with E-state index in [-0.39, 0.29) is 18.9 Å². The number of carbonyl (C=O) groups excluding carboxylic acids is 3. The van der Waals surface area contributed by atoms with E-state index < -0.39 is 23.4 Å². The molecule has 1 aliphatic heterocycles. The first kappa shape index (κ1) is 18.2. The Morgan fingerprint density at radius 1 is 1.21 bits per heavy atom. The molecule has 2 aromatic carbocycles. The van der Waals surface area contributed by atoms with Crippen LogP contribution in [0.2, 0.25) is 0 Å². The summed E-state index contributed by atoms with van der Waals surface area (Å²) in [6.07, 6.45) is 1.18. The minimum absolute atomic E-state index is 0.189. The summed E-state index contributed by atoms with van der Waals surface area (Å²) in [7, 11) is 1.56. The van der Waals surface area contributed by atoms with Crippen LogP contribution in [0.3, 0.4) is 0 Å². The minimum Gasteiger partial charge on any atom is -0.340 e. The molecule has 4 rings (SSSR count). The highest BCUT2D eigenvalue weighted by Crippen LogP contribution is 2.41. The van der Waals surface area contributed by atoms with E-state index in [0.29, 0.717) is 18.4 Å². The normalized spacial score (nSPS) is 20.4. The summed E-state index contributed by atoms with van der Waals surface area (Å²) in [5.74, 6) is -1.17. The lowest BCUT2D eigenvalue weighted by Gasteiger charge is -2.23. The molecule has 1 atom stereocenters. The molecule has 1 aliphatic carbocycles. The lowest BCUT2D eigenvalue weighted by molar-refractivity contribution is -0.138. The van der Waals surface area contributed by atoms with Crippen LogP contribution in [0.4, 0.5) is 9.18 Å². The van der Waals surface area contributed by atoms with Crippen LogP contribution in [0.5, 0.6) is 0 Å². The van der Waals surface area contributed by atoms with Crippen molar-refractivity contribution in [2.45, 2.75) is 24.9 Å². The quantitative estimate of drug-likeness (QED) is 0.826. The summed E-state index contributed by atoms with van der Waals surface area (Å²) in [4.78, 5) is 40.5. The van der Waals surface area contributed by atoms with Crippen molar-refractivity contribution in [2.24, 2.45) is 0 Å². The van der Waals surface area contributed by atoms with Gasteiger partial charge in [-0.25, -0.2) is 9.18 Å². The Hall–Kier alpha value is -3.22. The van der Waals surface area contributed by atoms with Crippen LogP contribution in [0.15, 0.2) is 48.5 Å². The molecule has 1 heterocycles. The molecular weight excluding hydrogens is 361 g/mol. The van der Waals surface area contributed by atoms with Gasteiger partial charge in [0.25, 0.3) is 5.91 Å². The molecule has 0 unspecified atom stereocenters. The van der Waals surface area contributed by atoms with E-state index in [1.807, 2.05) is 24.3 Å². The first-order valence-corrected chi connectivity index (χ1v) is 9.11. The van der Waals surface area contributed by atoms with Gasteiger partial charge in [0.05, 0.1) is 0 Å². The molecule has 1 N–H and O–H groups in total. The van der Waals surface area contributed by atoms with Crippen LogP contribution >= 0.6 is 0 Å². The van der Waals surface area contributed by atoms with Gasteiger partial charge < -0.3 is 10.2 Å². The number of hydrogen-bond donors (Lipinski definition) is 1. The van der Waals surface area contributed by atoms with Crippen molar-refractivity contribution in [3.8, 4) is 0 Å². The molecule has 2 aromatic rings. The maximum absolute atomic E-state index is 13.3. The monoisotopic (exact) mass is 381 g/mol. The Bertz CT molecular complexity index is 977. The average Bonchev–Trinajstić information content (AvgIpc) is 3.15. The number of nitrogens with one attached hydrogen (secondary N) is 1. The van der Waals surface area contributed by atoms with Crippen LogP contribution in [0, 0.1) is 5.82 Å². The van der Waals surface area contributed by atoms with Crippen molar-refractivity contribution < 1.29 is 18.8 Å².